The Kier molecular flexibility index (Phi) is 6.43. The molecule has 0 saturated heterocycles. The van der Waals surface area contributed by atoms with Gasteiger partial charge in [0.15, 0.2) is 5.82 Å². The highest BCUT2D eigenvalue weighted by Crippen LogP contribution is 2.53. The van der Waals surface area contributed by atoms with E-state index in [1.54, 1.807) is 0 Å². The van der Waals surface area contributed by atoms with Crippen LogP contribution >= 0.6 is 11.3 Å². The largest absolute Gasteiger partial charge is 0.228 e. The lowest BCUT2D eigenvalue weighted by molar-refractivity contribution is 0.662. The summed E-state index contributed by atoms with van der Waals surface area (Å²) in [5, 5.41) is 4.89. The van der Waals surface area contributed by atoms with Crippen molar-refractivity contribution in [3.63, 3.8) is 0 Å². The van der Waals surface area contributed by atoms with Gasteiger partial charge in [-0.1, -0.05) is 141 Å². The van der Waals surface area contributed by atoms with Crippen LogP contribution in [0.5, 0.6) is 0 Å². The summed E-state index contributed by atoms with van der Waals surface area (Å²) in [5.41, 5.74) is 12.9. The van der Waals surface area contributed by atoms with Gasteiger partial charge in [0.05, 0.1) is 11.4 Å². The fourth-order valence-corrected chi connectivity index (χ4v) is 9.25. The highest BCUT2D eigenvalue weighted by atomic mass is 32.1. The maximum absolute atomic E-state index is 5.32. The number of aromatic nitrogens is 2. The van der Waals surface area contributed by atoms with Gasteiger partial charge in [0.25, 0.3) is 0 Å². The lowest BCUT2D eigenvalue weighted by atomic mass is 9.78. The molecular formula is C47H32N2S. The van der Waals surface area contributed by atoms with Crippen LogP contribution in [0.25, 0.3) is 87.1 Å². The average Bonchev–Trinajstić information content (AvgIpc) is 3.66. The molecule has 0 bridgehead atoms. The second-order valence-corrected chi connectivity index (χ2v) is 14.8. The number of hydrogen-bond acceptors (Lipinski definition) is 3. The summed E-state index contributed by atoms with van der Waals surface area (Å²) in [4.78, 5) is 10.6. The second kappa shape index (κ2) is 11.1. The molecular weight excluding hydrogens is 625 g/mol. The molecule has 2 nitrogen and oxygen atoms in total. The van der Waals surface area contributed by atoms with E-state index in [4.69, 9.17) is 9.97 Å². The summed E-state index contributed by atoms with van der Waals surface area (Å²) in [6.07, 6.45) is 0. The van der Waals surface area contributed by atoms with Crippen molar-refractivity contribution in [2.45, 2.75) is 19.3 Å². The Hall–Kier alpha value is -5.90. The molecule has 0 amide bonds. The third-order valence-corrected chi connectivity index (χ3v) is 11.7. The molecule has 0 fully saturated rings. The molecule has 0 radical (unpaired) electrons. The number of thiophene rings is 1. The third kappa shape index (κ3) is 4.40. The van der Waals surface area contributed by atoms with Crippen molar-refractivity contribution in [2.24, 2.45) is 0 Å². The number of benzene rings is 7. The minimum absolute atomic E-state index is 0.112. The van der Waals surface area contributed by atoms with Crippen molar-refractivity contribution in [2.75, 3.05) is 0 Å². The smallest absolute Gasteiger partial charge is 0.161 e. The number of nitrogens with zero attached hydrogens (tertiary/aromatic N) is 2. The van der Waals surface area contributed by atoms with Crippen molar-refractivity contribution in [1.29, 1.82) is 0 Å². The summed E-state index contributed by atoms with van der Waals surface area (Å²) in [7, 11) is 0. The summed E-state index contributed by atoms with van der Waals surface area (Å²) in [5.74, 6) is 0.727. The lowest BCUT2D eigenvalue weighted by Crippen LogP contribution is -2.16. The number of hydrogen-bond donors (Lipinski definition) is 0. The quantitative estimate of drug-likeness (QED) is 0.188. The van der Waals surface area contributed by atoms with Gasteiger partial charge >= 0.3 is 0 Å². The van der Waals surface area contributed by atoms with E-state index >= 15 is 0 Å². The molecule has 0 aliphatic heterocycles. The van der Waals surface area contributed by atoms with E-state index in [-0.39, 0.29) is 5.41 Å². The molecule has 10 rings (SSSR count). The van der Waals surface area contributed by atoms with E-state index in [1.165, 1.54) is 58.9 Å². The van der Waals surface area contributed by atoms with Gasteiger partial charge in [0, 0.05) is 42.3 Å². The first-order valence-corrected chi connectivity index (χ1v) is 18.0. The summed E-state index contributed by atoms with van der Waals surface area (Å²) in [6.45, 7) is 4.72. The molecule has 7 aromatic carbocycles. The average molecular weight is 657 g/mol. The Balaban J connectivity index is 1.18. The molecule has 0 saturated carbocycles. The van der Waals surface area contributed by atoms with Crippen LogP contribution in [-0.4, -0.2) is 9.97 Å². The van der Waals surface area contributed by atoms with Crippen molar-refractivity contribution in [3.05, 3.63) is 169 Å². The minimum atomic E-state index is -0.112. The Labute approximate surface area is 295 Å². The van der Waals surface area contributed by atoms with E-state index < -0.39 is 0 Å². The van der Waals surface area contributed by atoms with E-state index in [0.717, 1.165) is 39.3 Å². The van der Waals surface area contributed by atoms with E-state index in [0.29, 0.717) is 0 Å². The van der Waals surface area contributed by atoms with Crippen molar-refractivity contribution in [1.82, 2.24) is 9.97 Å². The summed E-state index contributed by atoms with van der Waals surface area (Å²) >= 11 is 1.84. The normalized spacial score (nSPS) is 13.2. The van der Waals surface area contributed by atoms with Gasteiger partial charge in [-0.15, -0.1) is 11.3 Å². The fraction of sp³-hybridized carbons (Fsp3) is 0.0638. The van der Waals surface area contributed by atoms with Gasteiger partial charge in [-0.25, -0.2) is 9.97 Å². The molecule has 0 unspecified atom stereocenters. The van der Waals surface area contributed by atoms with Gasteiger partial charge in [0.1, 0.15) is 0 Å². The molecule has 9 aromatic rings. The maximum atomic E-state index is 5.32. The van der Waals surface area contributed by atoms with Crippen LogP contribution in [0.1, 0.15) is 25.0 Å². The molecule has 236 valence electrons. The van der Waals surface area contributed by atoms with E-state index in [1.807, 2.05) is 11.3 Å². The van der Waals surface area contributed by atoms with Crippen LogP contribution < -0.4 is 0 Å². The molecule has 0 atom stereocenters. The zero-order valence-electron chi connectivity index (χ0n) is 27.8. The van der Waals surface area contributed by atoms with Gasteiger partial charge in [-0.05, 0) is 74.5 Å². The Morgan fingerprint density at radius 3 is 1.84 bits per heavy atom. The lowest BCUT2D eigenvalue weighted by Gasteiger charge is -2.25. The highest BCUT2D eigenvalue weighted by Gasteiger charge is 2.37. The standard InChI is InChI=1S/C47H32N2S/c1-47(2)40-21-10-8-17-34(40)37-20-12-19-36(45(37)47)33-24-25-38(32-16-7-6-15-31(32)33)46-48-41(29-13-4-3-5-14-29)28-42(49-46)30-23-26-44-39(27-30)35-18-9-11-22-43(35)50-44/h3-28H,1-2H3. The van der Waals surface area contributed by atoms with Crippen LogP contribution in [0.15, 0.2) is 158 Å². The van der Waals surface area contributed by atoms with Crippen molar-refractivity contribution < 1.29 is 0 Å². The van der Waals surface area contributed by atoms with Crippen LogP contribution in [-0.2, 0) is 5.41 Å². The fourth-order valence-electron chi connectivity index (χ4n) is 8.16. The molecule has 1 aliphatic rings. The first-order valence-electron chi connectivity index (χ1n) is 17.2. The van der Waals surface area contributed by atoms with Gasteiger partial charge in [-0.2, -0.15) is 0 Å². The van der Waals surface area contributed by atoms with Crippen LogP contribution in [0.4, 0.5) is 0 Å². The molecule has 0 spiro atoms. The molecule has 50 heavy (non-hydrogen) atoms. The molecule has 2 heterocycles. The third-order valence-electron chi connectivity index (χ3n) is 10.5. The highest BCUT2D eigenvalue weighted by molar-refractivity contribution is 7.25. The van der Waals surface area contributed by atoms with Crippen LogP contribution in [0.2, 0.25) is 0 Å². The predicted octanol–water partition coefficient (Wildman–Crippen LogP) is 13.0. The van der Waals surface area contributed by atoms with Gasteiger partial charge < -0.3 is 0 Å². The number of rotatable bonds is 4. The first-order chi connectivity index (χ1) is 24.5. The molecule has 2 aromatic heterocycles. The topological polar surface area (TPSA) is 25.8 Å². The SMILES string of the molecule is CC1(C)c2ccccc2-c2cccc(-c3ccc(-c4nc(-c5ccccc5)cc(-c5ccc6sc7ccccc7c6c5)n4)c4ccccc34)c21. The van der Waals surface area contributed by atoms with Crippen molar-refractivity contribution in [3.8, 4) is 56.2 Å². The summed E-state index contributed by atoms with van der Waals surface area (Å²) in [6, 6.07) is 56.9. The maximum Gasteiger partial charge on any atom is 0.161 e. The predicted molar refractivity (Wildman–Crippen MR) is 212 cm³/mol. The molecule has 3 heteroatoms. The number of fused-ring (bicyclic) bond motifs is 7. The van der Waals surface area contributed by atoms with E-state index in [2.05, 4.69) is 172 Å². The summed E-state index contributed by atoms with van der Waals surface area (Å²) < 4.78 is 2.59. The van der Waals surface area contributed by atoms with Crippen molar-refractivity contribution >= 4 is 42.3 Å². The molecule has 0 N–H and O–H groups in total. The second-order valence-electron chi connectivity index (χ2n) is 13.7. The zero-order chi connectivity index (χ0) is 33.4. The Morgan fingerprint density at radius 2 is 1.02 bits per heavy atom. The minimum Gasteiger partial charge on any atom is -0.228 e. The Morgan fingerprint density at radius 1 is 0.420 bits per heavy atom. The van der Waals surface area contributed by atoms with Gasteiger partial charge in [0.2, 0.25) is 0 Å². The van der Waals surface area contributed by atoms with Crippen LogP contribution in [0, 0.1) is 0 Å². The Bertz CT molecular complexity index is 2790. The van der Waals surface area contributed by atoms with E-state index in [9.17, 15) is 0 Å². The molecule has 1 aliphatic carbocycles. The monoisotopic (exact) mass is 656 g/mol. The first kappa shape index (κ1) is 29.1. The van der Waals surface area contributed by atoms with Gasteiger partial charge in [-0.3, -0.25) is 0 Å². The zero-order valence-corrected chi connectivity index (χ0v) is 28.6. The van der Waals surface area contributed by atoms with Crippen LogP contribution in [0.3, 0.4) is 0 Å².